The van der Waals surface area contributed by atoms with Crippen molar-refractivity contribution in [2.75, 3.05) is 18.6 Å². The number of likely N-dealkylation sites (N-methyl/N-ethyl adjacent to an activating group) is 1. The van der Waals surface area contributed by atoms with Gasteiger partial charge in [-0.1, -0.05) is 0 Å². The van der Waals surface area contributed by atoms with Gasteiger partial charge in [-0.05, 0) is 25.5 Å². The first kappa shape index (κ1) is 11.7. The van der Waals surface area contributed by atoms with Crippen LogP contribution in [-0.4, -0.2) is 30.8 Å². The lowest BCUT2D eigenvalue weighted by molar-refractivity contribution is 0.118. The van der Waals surface area contributed by atoms with E-state index in [4.69, 9.17) is 16.3 Å². The fourth-order valence-electron chi connectivity index (χ4n) is 2.18. The van der Waals surface area contributed by atoms with Crippen LogP contribution in [0, 0.1) is 0 Å². The van der Waals surface area contributed by atoms with E-state index in [1.54, 1.807) is 0 Å². The van der Waals surface area contributed by atoms with Crippen molar-refractivity contribution in [3.05, 3.63) is 24.0 Å². The molecule has 16 heavy (non-hydrogen) atoms. The highest BCUT2D eigenvalue weighted by Crippen LogP contribution is 2.24. The van der Waals surface area contributed by atoms with Crippen LogP contribution in [0.2, 0.25) is 0 Å². The highest BCUT2D eigenvalue weighted by molar-refractivity contribution is 6.16. The number of anilines is 1. The summed E-state index contributed by atoms with van der Waals surface area (Å²) in [5.41, 5.74) is 2.07. The number of rotatable bonds is 3. The Hall–Kier alpha value is -0.800. The molecule has 2 unspecified atom stereocenters. The van der Waals surface area contributed by atoms with Gasteiger partial charge in [-0.15, -0.1) is 11.6 Å². The number of nitrogens with zero attached hydrogens (tertiary/aromatic N) is 2. The molecule has 1 aromatic heterocycles. The van der Waals surface area contributed by atoms with Crippen LogP contribution in [-0.2, 0) is 10.6 Å². The molecule has 3 nitrogen and oxygen atoms in total. The molecule has 0 aliphatic carbocycles. The Morgan fingerprint density at radius 3 is 3.06 bits per heavy atom. The topological polar surface area (TPSA) is 25.4 Å². The summed E-state index contributed by atoms with van der Waals surface area (Å²) in [5.74, 6) is 0.457. The monoisotopic (exact) mass is 240 g/mol. The number of pyridine rings is 1. The smallest absolute Gasteiger partial charge is 0.0750 e. The molecule has 0 saturated carbocycles. The minimum absolute atomic E-state index is 0.289. The van der Waals surface area contributed by atoms with Crippen molar-refractivity contribution in [2.24, 2.45) is 0 Å². The number of halogens is 1. The van der Waals surface area contributed by atoms with Crippen LogP contribution in [0.5, 0.6) is 0 Å². The van der Waals surface area contributed by atoms with Gasteiger partial charge in [0.15, 0.2) is 0 Å². The van der Waals surface area contributed by atoms with Crippen LogP contribution >= 0.6 is 11.6 Å². The second-order valence-electron chi connectivity index (χ2n) is 4.18. The molecule has 2 atom stereocenters. The maximum absolute atomic E-state index is 5.79. The summed E-state index contributed by atoms with van der Waals surface area (Å²) in [4.78, 5) is 6.46. The predicted octanol–water partition coefficient (Wildman–Crippen LogP) is 2.43. The molecule has 88 valence electrons. The molecule has 1 saturated heterocycles. The normalized spacial score (nSPS) is 24.7. The number of aromatic nitrogens is 1. The van der Waals surface area contributed by atoms with E-state index in [2.05, 4.69) is 23.9 Å². The maximum Gasteiger partial charge on any atom is 0.0750 e. The lowest BCUT2D eigenvalue weighted by Gasteiger charge is -2.28. The Morgan fingerprint density at radius 1 is 1.62 bits per heavy atom. The van der Waals surface area contributed by atoms with Crippen molar-refractivity contribution in [3.63, 3.8) is 0 Å². The van der Waals surface area contributed by atoms with Gasteiger partial charge in [0.2, 0.25) is 0 Å². The molecule has 2 rings (SSSR count). The molecular weight excluding hydrogens is 224 g/mol. The Morgan fingerprint density at radius 2 is 2.44 bits per heavy atom. The summed E-state index contributed by atoms with van der Waals surface area (Å²) >= 11 is 5.79. The van der Waals surface area contributed by atoms with Crippen LogP contribution < -0.4 is 4.90 Å². The van der Waals surface area contributed by atoms with Gasteiger partial charge in [-0.25, -0.2) is 0 Å². The third-order valence-electron chi connectivity index (χ3n) is 3.18. The van der Waals surface area contributed by atoms with E-state index < -0.39 is 0 Å². The molecule has 4 heteroatoms. The van der Waals surface area contributed by atoms with Crippen molar-refractivity contribution < 1.29 is 4.74 Å². The van der Waals surface area contributed by atoms with Crippen LogP contribution in [0.4, 0.5) is 5.69 Å². The lowest BCUT2D eigenvalue weighted by atomic mass is 10.1. The van der Waals surface area contributed by atoms with E-state index >= 15 is 0 Å². The van der Waals surface area contributed by atoms with Crippen molar-refractivity contribution in [2.45, 2.75) is 31.4 Å². The summed E-state index contributed by atoms with van der Waals surface area (Å²) < 4.78 is 5.58. The Bertz CT molecular complexity index is 359. The highest BCUT2D eigenvalue weighted by atomic mass is 35.5. The number of hydrogen-bond acceptors (Lipinski definition) is 3. The summed E-state index contributed by atoms with van der Waals surface area (Å²) in [5, 5.41) is 0. The molecule has 0 bridgehead atoms. The molecular formula is C12H17ClN2O. The molecule has 1 fully saturated rings. The van der Waals surface area contributed by atoms with Crippen molar-refractivity contribution in [3.8, 4) is 0 Å². The second kappa shape index (κ2) is 5.02. The van der Waals surface area contributed by atoms with E-state index in [9.17, 15) is 0 Å². The van der Waals surface area contributed by atoms with Gasteiger partial charge >= 0.3 is 0 Å². The summed E-state index contributed by atoms with van der Waals surface area (Å²) in [6.45, 7) is 2.97. The van der Waals surface area contributed by atoms with Crippen molar-refractivity contribution in [1.82, 2.24) is 4.98 Å². The molecule has 1 aliphatic heterocycles. The molecule has 0 amide bonds. The van der Waals surface area contributed by atoms with Gasteiger partial charge in [0, 0.05) is 25.5 Å². The lowest BCUT2D eigenvalue weighted by Crippen LogP contribution is -2.36. The Kier molecular flexibility index (Phi) is 3.66. The van der Waals surface area contributed by atoms with Crippen LogP contribution in [0.15, 0.2) is 18.3 Å². The van der Waals surface area contributed by atoms with E-state index in [-0.39, 0.29) is 6.10 Å². The molecule has 0 aromatic carbocycles. The number of hydrogen-bond donors (Lipinski definition) is 0. The zero-order valence-corrected chi connectivity index (χ0v) is 10.4. The van der Waals surface area contributed by atoms with E-state index in [0.717, 1.165) is 24.4 Å². The van der Waals surface area contributed by atoms with E-state index in [1.807, 2.05) is 18.3 Å². The zero-order chi connectivity index (χ0) is 11.5. The van der Waals surface area contributed by atoms with Crippen LogP contribution in [0.25, 0.3) is 0 Å². The third kappa shape index (κ3) is 2.30. The van der Waals surface area contributed by atoms with E-state index in [1.165, 1.54) is 0 Å². The van der Waals surface area contributed by atoms with Crippen molar-refractivity contribution in [1.29, 1.82) is 0 Å². The van der Waals surface area contributed by atoms with Gasteiger partial charge in [0.1, 0.15) is 0 Å². The third-order valence-corrected chi connectivity index (χ3v) is 3.45. The molecule has 0 spiro atoms. The summed E-state index contributed by atoms with van der Waals surface area (Å²) in [6, 6.07) is 4.50. The van der Waals surface area contributed by atoms with Gasteiger partial charge in [-0.2, -0.15) is 0 Å². The van der Waals surface area contributed by atoms with Gasteiger partial charge in [-0.3, -0.25) is 4.98 Å². The first-order valence-electron chi connectivity index (χ1n) is 5.57. The minimum atomic E-state index is 0.289. The fraction of sp³-hybridized carbons (Fsp3) is 0.583. The number of alkyl halides is 1. The molecule has 1 aliphatic rings. The van der Waals surface area contributed by atoms with Crippen molar-refractivity contribution >= 4 is 17.3 Å². The van der Waals surface area contributed by atoms with Crippen LogP contribution in [0.1, 0.15) is 19.0 Å². The average molecular weight is 241 g/mol. The first-order chi connectivity index (χ1) is 7.72. The quantitative estimate of drug-likeness (QED) is 0.759. The molecule has 0 N–H and O–H groups in total. The average Bonchev–Trinajstić information content (AvgIpc) is 2.74. The summed E-state index contributed by atoms with van der Waals surface area (Å²) in [7, 11) is 2.10. The van der Waals surface area contributed by atoms with E-state index in [0.29, 0.717) is 11.9 Å². The number of ether oxygens (including phenoxy) is 1. The molecule has 1 aromatic rings. The highest BCUT2D eigenvalue weighted by Gasteiger charge is 2.28. The Balaban J connectivity index is 2.16. The largest absolute Gasteiger partial charge is 0.376 e. The molecule has 0 radical (unpaired) electrons. The first-order valence-corrected chi connectivity index (χ1v) is 6.11. The van der Waals surface area contributed by atoms with Gasteiger partial charge in [0.05, 0.1) is 23.7 Å². The maximum atomic E-state index is 5.79. The SMILES string of the molecule is CC1OCCC1N(C)c1ccnc(CCl)c1. The van der Waals surface area contributed by atoms with Gasteiger partial charge < -0.3 is 9.64 Å². The predicted molar refractivity (Wildman–Crippen MR) is 66.0 cm³/mol. The minimum Gasteiger partial charge on any atom is -0.376 e. The zero-order valence-electron chi connectivity index (χ0n) is 9.69. The second-order valence-corrected chi connectivity index (χ2v) is 4.45. The van der Waals surface area contributed by atoms with Crippen LogP contribution in [0.3, 0.4) is 0 Å². The fourth-order valence-corrected chi connectivity index (χ4v) is 2.32. The molecule has 2 heterocycles. The van der Waals surface area contributed by atoms with Gasteiger partial charge in [0.25, 0.3) is 0 Å². The Labute approximate surface area is 101 Å². The standard InChI is InChI=1S/C12H17ClN2O/c1-9-12(4-6-16-9)15(2)11-3-5-14-10(7-11)8-13/h3,5,7,9,12H,4,6,8H2,1-2H3. The summed E-state index contributed by atoms with van der Waals surface area (Å²) in [6.07, 6.45) is 3.18.